The summed E-state index contributed by atoms with van der Waals surface area (Å²) in [6.07, 6.45) is -2.53. The van der Waals surface area contributed by atoms with Gasteiger partial charge in [-0.2, -0.15) is 13.2 Å². The van der Waals surface area contributed by atoms with Crippen molar-refractivity contribution < 1.29 is 32.3 Å². The second-order valence-corrected chi connectivity index (χ2v) is 12.1. The molecule has 0 spiro atoms. The van der Waals surface area contributed by atoms with Crippen LogP contribution >= 0.6 is 0 Å². The molecule has 13 heteroatoms. The quantitative estimate of drug-likeness (QED) is 0.138. The van der Waals surface area contributed by atoms with Crippen LogP contribution in [0.1, 0.15) is 37.0 Å². The van der Waals surface area contributed by atoms with Crippen LogP contribution < -0.4 is 19.1 Å². The van der Waals surface area contributed by atoms with E-state index in [1.54, 1.807) is 4.57 Å². The highest BCUT2D eigenvalue weighted by atomic mass is 19.4. The van der Waals surface area contributed by atoms with Crippen molar-refractivity contribution >= 4 is 11.5 Å². The highest BCUT2D eigenvalue weighted by molar-refractivity contribution is 5.50. The first-order chi connectivity index (χ1) is 22.5. The van der Waals surface area contributed by atoms with E-state index in [0.29, 0.717) is 43.0 Å². The monoisotopic (exact) mass is 651 g/mol. The molecule has 10 nitrogen and oxygen atoms in total. The van der Waals surface area contributed by atoms with Gasteiger partial charge in [0.25, 0.3) is 0 Å². The number of hydrogen-bond donors (Lipinski definition) is 0. The van der Waals surface area contributed by atoms with Crippen molar-refractivity contribution in [2.75, 3.05) is 24.6 Å². The first kappa shape index (κ1) is 32.2. The largest absolute Gasteiger partial charge is 0.490 e. The minimum Gasteiger partial charge on any atom is -0.490 e. The molecule has 3 atom stereocenters. The molecule has 0 amide bonds. The zero-order valence-corrected chi connectivity index (χ0v) is 26.1. The number of ether oxygens (including phenoxy) is 3. The van der Waals surface area contributed by atoms with E-state index in [1.165, 1.54) is 18.3 Å². The number of anilines is 1. The Morgan fingerprint density at radius 3 is 2.17 bits per heavy atom. The van der Waals surface area contributed by atoms with Gasteiger partial charge >= 0.3 is 18.0 Å². The van der Waals surface area contributed by atoms with Gasteiger partial charge < -0.3 is 29.2 Å². The number of alkyl halides is 3. The molecule has 1 aromatic heterocycles. The number of halogens is 3. The molecule has 0 radical (unpaired) electrons. The Morgan fingerprint density at radius 2 is 1.53 bits per heavy atom. The van der Waals surface area contributed by atoms with Gasteiger partial charge in [0.1, 0.15) is 37.0 Å². The van der Waals surface area contributed by atoms with E-state index in [9.17, 15) is 23.3 Å². The molecule has 0 N–H and O–H groups in total. The van der Waals surface area contributed by atoms with Crippen LogP contribution in [0.15, 0.2) is 79.0 Å². The number of nitrogens with zero attached hydrogens (tertiary/aromatic N) is 5. The Bertz CT molecular complexity index is 1650. The highest BCUT2D eigenvalue weighted by Gasteiger charge is 2.31. The van der Waals surface area contributed by atoms with Crippen molar-refractivity contribution in [3.63, 3.8) is 0 Å². The number of imidazole rings is 1. The molecular formula is C34H36F3N5O5. The summed E-state index contributed by atoms with van der Waals surface area (Å²) in [6, 6.07) is 21.7. The summed E-state index contributed by atoms with van der Waals surface area (Å²) >= 11 is 0. The van der Waals surface area contributed by atoms with Gasteiger partial charge in [-0.15, -0.1) is 0 Å². The lowest BCUT2D eigenvalue weighted by atomic mass is 10.0. The van der Waals surface area contributed by atoms with E-state index in [0.717, 1.165) is 48.8 Å². The van der Waals surface area contributed by atoms with Crippen LogP contribution in [0.2, 0.25) is 0 Å². The Balaban J connectivity index is 0.963. The number of hydrogen-bond acceptors (Lipinski definition) is 8. The fraction of sp³-hybridized carbons (Fsp3) is 0.382. The number of aromatic nitrogens is 2. The van der Waals surface area contributed by atoms with Gasteiger partial charge in [-0.05, 0) is 78.4 Å². The number of rotatable bonds is 10. The van der Waals surface area contributed by atoms with Crippen LogP contribution in [0.25, 0.3) is 0 Å². The SMILES string of the molecule is C[C@@H]1CN(c2ccc(OC[C@@H]3CCn4cc([N+](=O)[O-])nc4O3)cc2)C[C@H](C)N1Cc1ccc(OCc2ccc(C(F)(F)F)cc2)cc1. The molecule has 3 heterocycles. The molecular weight excluding hydrogens is 615 g/mol. The van der Waals surface area contributed by atoms with Gasteiger partial charge in [0, 0.05) is 55.4 Å². The van der Waals surface area contributed by atoms with Gasteiger partial charge in [0.2, 0.25) is 0 Å². The van der Waals surface area contributed by atoms with Gasteiger partial charge in [-0.1, -0.05) is 24.3 Å². The highest BCUT2D eigenvalue weighted by Crippen LogP contribution is 2.30. The zero-order valence-electron chi connectivity index (χ0n) is 26.1. The van der Waals surface area contributed by atoms with E-state index in [2.05, 4.69) is 40.8 Å². The van der Waals surface area contributed by atoms with Gasteiger partial charge in [0.15, 0.2) is 0 Å². The third-order valence-electron chi connectivity index (χ3n) is 8.59. The Kier molecular flexibility index (Phi) is 9.26. The van der Waals surface area contributed by atoms with Gasteiger partial charge in [-0.3, -0.25) is 9.47 Å². The lowest BCUT2D eigenvalue weighted by Crippen LogP contribution is -2.56. The lowest BCUT2D eigenvalue weighted by Gasteiger charge is -2.45. The van der Waals surface area contributed by atoms with E-state index in [4.69, 9.17) is 14.2 Å². The summed E-state index contributed by atoms with van der Waals surface area (Å²) in [5.41, 5.74) is 2.27. The maximum absolute atomic E-state index is 12.8. The average molecular weight is 652 g/mol. The molecule has 2 aliphatic heterocycles. The summed E-state index contributed by atoms with van der Waals surface area (Å²) in [7, 11) is 0. The van der Waals surface area contributed by atoms with Crippen LogP contribution in [0.3, 0.4) is 0 Å². The molecule has 248 valence electrons. The molecule has 0 bridgehead atoms. The molecule has 2 aliphatic rings. The summed E-state index contributed by atoms with van der Waals surface area (Å²) in [5, 5.41) is 11.0. The van der Waals surface area contributed by atoms with Crippen molar-refractivity contribution in [3.05, 3.63) is 106 Å². The van der Waals surface area contributed by atoms with Crippen molar-refractivity contribution in [2.45, 2.75) is 64.3 Å². The van der Waals surface area contributed by atoms with E-state index >= 15 is 0 Å². The predicted octanol–water partition coefficient (Wildman–Crippen LogP) is 6.72. The predicted molar refractivity (Wildman–Crippen MR) is 169 cm³/mol. The van der Waals surface area contributed by atoms with Crippen LogP contribution in [0.4, 0.5) is 24.7 Å². The lowest BCUT2D eigenvalue weighted by molar-refractivity contribution is -0.389. The molecule has 4 aromatic rings. The number of piperazine rings is 1. The first-order valence-electron chi connectivity index (χ1n) is 15.5. The molecule has 0 aliphatic carbocycles. The maximum atomic E-state index is 12.8. The van der Waals surface area contributed by atoms with Crippen molar-refractivity contribution in [2.24, 2.45) is 0 Å². The summed E-state index contributed by atoms with van der Waals surface area (Å²) in [5.74, 6) is 1.17. The van der Waals surface area contributed by atoms with Crippen molar-refractivity contribution in [1.82, 2.24) is 14.5 Å². The van der Waals surface area contributed by atoms with Crippen LogP contribution in [0.5, 0.6) is 17.5 Å². The topological polar surface area (TPSA) is 95.1 Å². The number of aryl methyl sites for hydroxylation is 1. The van der Waals surface area contributed by atoms with Gasteiger partial charge in [0.05, 0.1) is 5.56 Å². The van der Waals surface area contributed by atoms with Crippen LogP contribution in [0, 0.1) is 10.1 Å². The van der Waals surface area contributed by atoms with Crippen LogP contribution in [-0.2, 0) is 25.9 Å². The zero-order chi connectivity index (χ0) is 33.1. The number of benzene rings is 3. The first-order valence-corrected chi connectivity index (χ1v) is 15.5. The minimum absolute atomic E-state index is 0.191. The normalized spacial score (nSPS) is 19.9. The minimum atomic E-state index is -4.35. The van der Waals surface area contributed by atoms with E-state index < -0.39 is 16.7 Å². The van der Waals surface area contributed by atoms with E-state index in [-0.39, 0.29) is 24.5 Å². The Labute approximate surface area is 270 Å². The smallest absolute Gasteiger partial charge is 0.416 e. The molecule has 0 unspecified atom stereocenters. The molecule has 6 rings (SSSR count). The molecule has 1 saturated heterocycles. The Hall–Kier alpha value is -4.78. The third-order valence-corrected chi connectivity index (χ3v) is 8.59. The molecule has 0 saturated carbocycles. The Morgan fingerprint density at radius 1 is 0.915 bits per heavy atom. The number of nitro groups is 1. The fourth-order valence-electron chi connectivity index (χ4n) is 6.02. The third kappa shape index (κ3) is 7.79. The summed E-state index contributed by atoms with van der Waals surface area (Å²) in [6.45, 7) is 8.08. The molecule has 1 fully saturated rings. The van der Waals surface area contributed by atoms with Crippen molar-refractivity contribution in [1.29, 1.82) is 0 Å². The average Bonchev–Trinajstić information content (AvgIpc) is 3.49. The second-order valence-electron chi connectivity index (χ2n) is 12.1. The standard InChI is InChI=1S/C34H36F3N5O5/c1-23-17-40(28-9-13-30(14-10-28)46-22-31-15-16-39-20-32(42(43)44)38-33(39)47-31)18-24(2)41(23)19-25-5-11-29(12-6-25)45-21-26-3-7-27(8-4-26)34(35,36)37/h3-14,20,23-24,31H,15-19,21-22H2,1-2H3/t23-,24+,31-/m0/s1. The van der Waals surface area contributed by atoms with Gasteiger partial charge in [-0.25, -0.2) is 0 Å². The van der Waals surface area contributed by atoms with Crippen molar-refractivity contribution in [3.8, 4) is 17.5 Å². The summed E-state index contributed by atoms with van der Waals surface area (Å²) in [4.78, 5) is 19.3. The fourth-order valence-corrected chi connectivity index (χ4v) is 6.02. The maximum Gasteiger partial charge on any atom is 0.416 e. The molecule has 47 heavy (non-hydrogen) atoms. The van der Waals surface area contributed by atoms with Crippen LogP contribution in [-0.4, -0.2) is 57.3 Å². The second kappa shape index (κ2) is 13.5. The molecule has 3 aromatic carbocycles. The number of fused-ring (bicyclic) bond motifs is 1. The van der Waals surface area contributed by atoms with E-state index in [1.807, 2.05) is 36.4 Å². The summed E-state index contributed by atoms with van der Waals surface area (Å²) < 4.78 is 57.6.